The Bertz CT molecular complexity index is 570. The Hall–Kier alpha value is -2.07. The number of benzene rings is 2. The average molecular weight is 275 g/mol. The number of nitrogens with one attached hydrogen (secondary N) is 1. The Balaban J connectivity index is 2.06. The molecule has 2 N–H and O–H groups in total. The summed E-state index contributed by atoms with van der Waals surface area (Å²) in [4.78, 5) is 0. The van der Waals surface area contributed by atoms with E-state index in [2.05, 4.69) is 5.32 Å². The molecule has 0 amide bonds. The summed E-state index contributed by atoms with van der Waals surface area (Å²) in [6.45, 7) is 2.00. The lowest BCUT2D eigenvalue weighted by Gasteiger charge is -2.25. The molecule has 4 heteroatoms. The zero-order valence-electron chi connectivity index (χ0n) is 11.6. The Morgan fingerprint density at radius 1 is 1.20 bits per heavy atom. The largest absolute Gasteiger partial charge is 0.494 e. The molecule has 0 saturated heterocycles. The van der Waals surface area contributed by atoms with Gasteiger partial charge in [0.15, 0.2) is 11.6 Å². The fraction of sp³-hybridized carbons (Fsp3) is 0.250. The van der Waals surface area contributed by atoms with Crippen molar-refractivity contribution in [2.24, 2.45) is 0 Å². The van der Waals surface area contributed by atoms with Crippen molar-refractivity contribution in [3.8, 4) is 5.75 Å². The summed E-state index contributed by atoms with van der Waals surface area (Å²) in [6, 6.07) is 14.0. The van der Waals surface area contributed by atoms with Gasteiger partial charge in [-0.15, -0.1) is 0 Å². The summed E-state index contributed by atoms with van der Waals surface area (Å²) in [5.74, 6) is -0.234. The Kier molecular flexibility index (Phi) is 4.25. The number of aliphatic hydroxyl groups is 1. The molecule has 0 aliphatic heterocycles. The van der Waals surface area contributed by atoms with E-state index in [0.29, 0.717) is 5.69 Å². The zero-order valence-corrected chi connectivity index (χ0v) is 11.6. The maximum absolute atomic E-state index is 13.6. The highest BCUT2D eigenvalue weighted by atomic mass is 19.1. The van der Waals surface area contributed by atoms with Crippen LogP contribution in [0.3, 0.4) is 0 Å². The highest BCUT2D eigenvalue weighted by molar-refractivity contribution is 5.47. The molecule has 0 aromatic heterocycles. The summed E-state index contributed by atoms with van der Waals surface area (Å²) in [5.41, 5.74) is 0.374. The van der Waals surface area contributed by atoms with Crippen LogP contribution in [0.25, 0.3) is 0 Å². The molecule has 20 heavy (non-hydrogen) atoms. The van der Waals surface area contributed by atoms with Gasteiger partial charge in [0.25, 0.3) is 0 Å². The summed E-state index contributed by atoms with van der Waals surface area (Å²) in [5, 5.41) is 13.5. The normalized spacial score (nSPS) is 13.6. The van der Waals surface area contributed by atoms with Gasteiger partial charge in [-0.1, -0.05) is 30.3 Å². The quantitative estimate of drug-likeness (QED) is 0.880. The second-order valence-electron chi connectivity index (χ2n) is 4.84. The van der Waals surface area contributed by atoms with Crippen LogP contribution < -0.4 is 10.1 Å². The third kappa shape index (κ3) is 3.27. The van der Waals surface area contributed by atoms with Crippen LogP contribution in [0.1, 0.15) is 12.5 Å². The summed E-state index contributed by atoms with van der Waals surface area (Å²) < 4.78 is 18.4. The summed E-state index contributed by atoms with van der Waals surface area (Å²) >= 11 is 0. The van der Waals surface area contributed by atoms with Crippen LogP contribution in [0, 0.1) is 5.82 Å². The van der Waals surface area contributed by atoms with Crippen molar-refractivity contribution in [2.75, 3.05) is 19.0 Å². The smallest absolute Gasteiger partial charge is 0.167 e. The predicted molar refractivity (Wildman–Crippen MR) is 77.5 cm³/mol. The minimum absolute atomic E-state index is 0.199. The molecule has 0 aliphatic carbocycles. The molecule has 2 rings (SSSR count). The fourth-order valence-corrected chi connectivity index (χ4v) is 1.95. The summed E-state index contributed by atoms with van der Waals surface area (Å²) in [7, 11) is 1.42. The zero-order chi connectivity index (χ0) is 14.6. The van der Waals surface area contributed by atoms with Gasteiger partial charge in [-0.25, -0.2) is 4.39 Å². The molecule has 1 unspecified atom stereocenters. The van der Waals surface area contributed by atoms with Gasteiger partial charge in [-0.05, 0) is 24.6 Å². The highest BCUT2D eigenvalue weighted by Gasteiger charge is 2.22. The maximum Gasteiger partial charge on any atom is 0.167 e. The SMILES string of the molecule is COc1ccc(NCC(C)(O)c2ccccc2)cc1F. The molecule has 2 aromatic rings. The minimum Gasteiger partial charge on any atom is -0.494 e. The first-order valence-electron chi connectivity index (χ1n) is 6.38. The van der Waals surface area contributed by atoms with Gasteiger partial charge < -0.3 is 15.2 Å². The molecule has 0 bridgehead atoms. The molecular formula is C16H18FNO2. The molecule has 0 spiro atoms. The van der Waals surface area contributed by atoms with Gasteiger partial charge in [0.05, 0.1) is 7.11 Å². The molecule has 106 valence electrons. The molecule has 0 fully saturated rings. The third-order valence-corrected chi connectivity index (χ3v) is 3.18. The number of hydrogen-bond acceptors (Lipinski definition) is 3. The molecule has 0 saturated carbocycles. The number of hydrogen-bond donors (Lipinski definition) is 2. The molecule has 2 aromatic carbocycles. The van der Waals surface area contributed by atoms with Crippen LogP contribution in [-0.2, 0) is 5.60 Å². The van der Waals surface area contributed by atoms with Crippen molar-refractivity contribution in [3.63, 3.8) is 0 Å². The molecule has 0 aliphatic rings. The van der Waals surface area contributed by atoms with Gasteiger partial charge in [-0.2, -0.15) is 0 Å². The van der Waals surface area contributed by atoms with E-state index in [1.54, 1.807) is 19.1 Å². The van der Waals surface area contributed by atoms with Crippen LogP contribution in [0.2, 0.25) is 0 Å². The monoisotopic (exact) mass is 275 g/mol. The van der Waals surface area contributed by atoms with Crippen molar-refractivity contribution in [1.29, 1.82) is 0 Å². The van der Waals surface area contributed by atoms with Crippen LogP contribution in [0.5, 0.6) is 5.75 Å². The van der Waals surface area contributed by atoms with Gasteiger partial charge >= 0.3 is 0 Å². The molecule has 1 atom stereocenters. The lowest BCUT2D eigenvalue weighted by molar-refractivity contribution is 0.0715. The molecular weight excluding hydrogens is 257 g/mol. The molecule has 0 heterocycles. The first kappa shape index (κ1) is 14.3. The van der Waals surface area contributed by atoms with E-state index in [1.807, 2.05) is 30.3 Å². The van der Waals surface area contributed by atoms with E-state index in [0.717, 1.165) is 5.56 Å². The first-order valence-corrected chi connectivity index (χ1v) is 6.38. The number of methoxy groups -OCH3 is 1. The van der Waals surface area contributed by atoms with Crippen LogP contribution in [0.15, 0.2) is 48.5 Å². The van der Waals surface area contributed by atoms with Gasteiger partial charge in [0.2, 0.25) is 0 Å². The average Bonchev–Trinajstić information content (AvgIpc) is 2.46. The van der Waals surface area contributed by atoms with E-state index in [9.17, 15) is 9.50 Å². The Morgan fingerprint density at radius 3 is 2.50 bits per heavy atom. The number of rotatable bonds is 5. The van der Waals surface area contributed by atoms with Crippen molar-refractivity contribution in [1.82, 2.24) is 0 Å². The van der Waals surface area contributed by atoms with Gasteiger partial charge in [-0.3, -0.25) is 0 Å². The minimum atomic E-state index is -1.03. The van der Waals surface area contributed by atoms with Crippen molar-refractivity contribution in [2.45, 2.75) is 12.5 Å². The lowest BCUT2D eigenvalue weighted by Crippen LogP contribution is -2.30. The first-order chi connectivity index (χ1) is 9.53. The van der Waals surface area contributed by atoms with E-state index < -0.39 is 11.4 Å². The van der Waals surface area contributed by atoms with Crippen molar-refractivity contribution < 1.29 is 14.2 Å². The lowest BCUT2D eigenvalue weighted by atomic mass is 9.96. The van der Waals surface area contributed by atoms with Crippen LogP contribution in [-0.4, -0.2) is 18.8 Å². The van der Waals surface area contributed by atoms with E-state index in [-0.39, 0.29) is 12.3 Å². The number of halogens is 1. The van der Waals surface area contributed by atoms with E-state index in [1.165, 1.54) is 13.2 Å². The standard InChI is InChI=1S/C16H18FNO2/c1-16(19,12-6-4-3-5-7-12)11-18-13-8-9-15(20-2)14(17)10-13/h3-10,18-19H,11H2,1-2H3. The number of anilines is 1. The summed E-state index contributed by atoms with van der Waals surface area (Å²) in [6.07, 6.45) is 0. The fourth-order valence-electron chi connectivity index (χ4n) is 1.95. The van der Waals surface area contributed by atoms with E-state index in [4.69, 9.17) is 4.74 Å². The Morgan fingerprint density at radius 2 is 1.90 bits per heavy atom. The van der Waals surface area contributed by atoms with Crippen molar-refractivity contribution >= 4 is 5.69 Å². The van der Waals surface area contributed by atoms with Crippen molar-refractivity contribution in [3.05, 3.63) is 59.9 Å². The number of ether oxygens (including phenoxy) is 1. The van der Waals surface area contributed by atoms with Crippen LogP contribution >= 0.6 is 0 Å². The van der Waals surface area contributed by atoms with Crippen LogP contribution in [0.4, 0.5) is 10.1 Å². The van der Waals surface area contributed by atoms with Gasteiger partial charge in [0.1, 0.15) is 5.60 Å². The maximum atomic E-state index is 13.6. The predicted octanol–water partition coefficient (Wildman–Crippen LogP) is 3.15. The molecule has 0 radical (unpaired) electrons. The molecule has 3 nitrogen and oxygen atoms in total. The van der Waals surface area contributed by atoms with E-state index >= 15 is 0 Å². The highest BCUT2D eigenvalue weighted by Crippen LogP contribution is 2.24. The third-order valence-electron chi connectivity index (χ3n) is 3.18. The van der Waals surface area contributed by atoms with Gasteiger partial charge in [0, 0.05) is 18.3 Å². The topological polar surface area (TPSA) is 41.5 Å². The second-order valence-corrected chi connectivity index (χ2v) is 4.84. The Labute approximate surface area is 118 Å². The second kappa shape index (κ2) is 5.92.